The van der Waals surface area contributed by atoms with Crippen molar-refractivity contribution in [3.63, 3.8) is 0 Å². The standard InChI is InChI=1S/C27H35Cl2N3/c1-5-6-8-23-12-11-22(19-26(23)30(4)14-13-21(2)3)20-31-15-17-32(18-16-31)25-10-7-9-24(28)27(25)29/h5,7,9-12,19H,1-2,6,8,13-18,20H2,3-4H3. The molecule has 1 aliphatic rings. The summed E-state index contributed by atoms with van der Waals surface area (Å²) in [7, 11) is 2.19. The van der Waals surface area contributed by atoms with Crippen LogP contribution >= 0.6 is 23.2 Å². The van der Waals surface area contributed by atoms with Crippen LogP contribution in [0.1, 0.15) is 30.9 Å². The zero-order chi connectivity index (χ0) is 23.1. The van der Waals surface area contributed by atoms with Crippen LogP contribution in [0.2, 0.25) is 10.0 Å². The molecule has 0 radical (unpaired) electrons. The van der Waals surface area contributed by atoms with E-state index in [4.69, 9.17) is 23.2 Å². The fourth-order valence-corrected chi connectivity index (χ4v) is 4.57. The van der Waals surface area contributed by atoms with Crippen molar-refractivity contribution in [1.82, 2.24) is 4.90 Å². The molecule has 0 N–H and O–H groups in total. The van der Waals surface area contributed by atoms with Crippen LogP contribution < -0.4 is 9.80 Å². The lowest BCUT2D eigenvalue weighted by molar-refractivity contribution is 0.250. The van der Waals surface area contributed by atoms with Crippen molar-refractivity contribution < 1.29 is 0 Å². The second-order valence-corrected chi connectivity index (χ2v) is 9.54. The number of hydrogen-bond acceptors (Lipinski definition) is 3. The maximum Gasteiger partial charge on any atom is 0.0825 e. The Balaban J connectivity index is 1.66. The van der Waals surface area contributed by atoms with Crippen LogP contribution in [-0.2, 0) is 13.0 Å². The van der Waals surface area contributed by atoms with Gasteiger partial charge >= 0.3 is 0 Å². The molecule has 0 amide bonds. The summed E-state index contributed by atoms with van der Waals surface area (Å²) >= 11 is 12.6. The van der Waals surface area contributed by atoms with Gasteiger partial charge in [-0.3, -0.25) is 4.90 Å². The minimum absolute atomic E-state index is 0.617. The minimum Gasteiger partial charge on any atom is -0.374 e. The first kappa shape index (κ1) is 24.7. The summed E-state index contributed by atoms with van der Waals surface area (Å²) in [6.07, 6.45) is 5.02. The number of allylic oxidation sites excluding steroid dienone is 1. The molecular formula is C27H35Cl2N3. The predicted molar refractivity (Wildman–Crippen MR) is 142 cm³/mol. The molecule has 1 heterocycles. The highest BCUT2D eigenvalue weighted by Crippen LogP contribution is 2.33. The number of benzene rings is 2. The van der Waals surface area contributed by atoms with Gasteiger partial charge in [-0.2, -0.15) is 0 Å². The molecule has 0 saturated carbocycles. The molecule has 2 aromatic rings. The van der Waals surface area contributed by atoms with Crippen molar-refractivity contribution in [2.75, 3.05) is 49.6 Å². The van der Waals surface area contributed by atoms with E-state index in [0.29, 0.717) is 10.0 Å². The van der Waals surface area contributed by atoms with Crippen LogP contribution in [0.25, 0.3) is 0 Å². The van der Waals surface area contributed by atoms with Crippen LogP contribution in [-0.4, -0.2) is 44.7 Å². The van der Waals surface area contributed by atoms with Crippen molar-refractivity contribution >= 4 is 34.6 Å². The molecule has 1 fully saturated rings. The molecule has 3 rings (SSSR count). The molecule has 0 atom stereocenters. The average molecular weight is 473 g/mol. The number of halogens is 2. The zero-order valence-electron chi connectivity index (χ0n) is 19.4. The molecular weight excluding hydrogens is 437 g/mol. The second kappa shape index (κ2) is 11.8. The van der Waals surface area contributed by atoms with Gasteiger partial charge in [0, 0.05) is 52.0 Å². The fourth-order valence-electron chi connectivity index (χ4n) is 4.15. The summed E-state index contributed by atoms with van der Waals surface area (Å²) in [4.78, 5) is 7.22. The lowest BCUT2D eigenvalue weighted by Gasteiger charge is -2.36. The molecule has 3 nitrogen and oxygen atoms in total. The molecule has 0 aliphatic carbocycles. The van der Waals surface area contributed by atoms with Crippen LogP contribution in [0.3, 0.4) is 0 Å². The Hall–Kier alpha value is -1.94. The summed E-state index contributed by atoms with van der Waals surface area (Å²) in [5.41, 5.74) is 6.33. The van der Waals surface area contributed by atoms with Crippen LogP contribution in [0, 0.1) is 0 Å². The third kappa shape index (κ3) is 6.54. The monoisotopic (exact) mass is 471 g/mol. The number of rotatable bonds is 10. The van der Waals surface area contributed by atoms with E-state index >= 15 is 0 Å². The lowest BCUT2D eigenvalue weighted by Crippen LogP contribution is -2.46. The molecule has 0 spiro atoms. The van der Waals surface area contributed by atoms with E-state index in [1.165, 1.54) is 22.4 Å². The van der Waals surface area contributed by atoms with Crippen molar-refractivity contribution in [3.8, 4) is 0 Å². The number of aryl methyl sites for hydroxylation is 1. The highest BCUT2D eigenvalue weighted by Gasteiger charge is 2.20. The maximum atomic E-state index is 6.43. The molecule has 1 aliphatic heterocycles. The molecule has 1 saturated heterocycles. The van der Waals surface area contributed by atoms with Gasteiger partial charge in [0.25, 0.3) is 0 Å². The van der Waals surface area contributed by atoms with Crippen LogP contribution in [0.5, 0.6) is 0 Å². The van der Waals surface area contributed by atoms with E-state index in [1.54, 1.807) is 0 Å². The molecule has 2 aromatic carbocycles. The Kier molecular flexibility index (Phi) is 9.10. The Morgan fingerprint density at radius 3 is 2.56 bits per heavy atom. The van der Waals surface area contributed by atoms with Gasteiger partial charge in [-0.15, -0.1) is 13.2 Å². The summed E-state index contributed by atoms with van der Waals surface area (Å²) in [5.74, 6) is 0. The van der Waals surface area contributed by atoms with Crippen molar-refractivity contribution in [2.24, 2.45) is 0 Å². The summed E-state index contributed by atoms with van der Waals surface area (Å²) < 4.78 is 0. The van der Waals surface area contributed by atoms with E-state index in [2.05, 4.69) is 66.1 Å². The molecule has 32 heavy (non-hydrogen) atoms. The van der Waals surface area contributed by atoms with E-state index < -0.39 is 0 Å². The van der Waals surface area contributed by atoms with Crippen molar-refractivity contribution in [1.29, 1.82) is 0 Å². The van der Waals surface area contributed by atoms with Gasteiger partial charge in [0.05, 0.1) is 15.7 Å². The van der Waals surface area contributed by atoms with Gasteiger partial charge in [0.1, 0.15) is 0 Å². The van der Waals surface area contributed by atoms with Gasteiger partial charge < -0.3 is 9.80 Å². The first-order chi connectivity index (χ1) is 15.4. The third-order valence-corrected chi connectivity index (χ3v) is 6.91. The number of hydrogen-bond donors (Lipinski definition) is 0. The molecule has 0 unspecified atom stereocenters. The van der Waals surface area contributed by atoms with Crippen molar-refractivity contribution in [3.05, 3.63) is 82.4 Å². The van der Waals surface area contributed by atoms with Crippen LogP contribution in [0.4, 0.5) is 11.4 Å². The lowest BCUT2D eigenvalue weighted by atomic mass is 10.0. The van der Waals surface area contributed by atoms with E-state index in [9.17, 15) is 0 Å². The Labute approximate surface area is 203 Å². The maximum absolute atomic E-state index is 6.43. The van der Waals surface area contributed by atoms with Gasteiger partial charge in [-0.05, 0) is 55.5 Å². The average Bonchev–Trinajstić information content (AvgIpc) is 2.79. The minimum atomic E-state index is 0.617. The molecule has 0 bridgehead atoms. The highest BCUT2D eigenvalue weighted by molar-refractivity contribution is 6.43. The van der Waals surface area contributed by atoms with Crippen LogP contribution in [0.15, 0.2) is 61.2 Å². The molecule has 5 heteroatoms. The van der Waals surface area contributed by atoms with Gasteiger partial charge in [-0.25, -0.2) is 0 Å². The SMILES string of the molecule is C=CCCc1ccc(CN2CCN(c3cccc(Cl)c3Cl)CC2)cc1N(C)CCC(=C)C. The summed E-state index contributed by atoms with van der Waals surface area (Å²) in [6, 6.07) is 12.8. The fraction of sp³-hybridized carbons (Fsp3) is 0.407. The summed E-state index contributed by atoms with van der Waals surface area (Å²) in [5, 5.41) is 1.27. The molecule has 0 aromatic heterocycles. The number of piperazine rings is 1. The Morgan fingerprint density at radius 1 is 1.12 bits per heavy atom. The van der Waals surface area contributed by atoms with E-state index in [-0.39, 0.29) is 0 Å². The van der Waals surface area contributed by atoms with Gasteiger partial charge in [-0.1, -0.05) is 53.1 Å². The second-order valence-electron chi connectivity index (χ2n) is 8.76. The normalized spacial score (nSPS) is 14.4. The topological polar surface area (TPSA) is 9.72 Å². The highest BCUT2D eigenvalue weighted by atomic mass is 35.5. The number of anilines is 2. The third-order valence-electron chi connectivity index (χ3n) is 6.10. The Morgan fingerprint density at radius 2 is 1.88 bits per heavy atom. The van der Waals surface area contributed by atoms with Gasteiger partial charge in [0.2, 0.25) is 0 Å². The Bertz CT molecular complexity index is 932. The summed E-state index contributed by atoms with van der Waals surface area (Å²) in [6.45, 7) is 15.9. The smallest absolute Gasteiger partial charge is 0.0825 e. The quantitative estimate of drug-likeness (QED) is 0.351. The van der Waals surface area contributed by atoms with Crippen molar-refractivity contribution in [2.45, 2.75) is 32.7 Å². The molecule has 172 valence electrons. The largest absolute Gasteiger partial charge is 0.374 e. The van der Waals surface area contributed by atoms with E-state index in [0.717, 1.165) is 64.2 Å². The number of nitrogens with zero attached hydrogens (tertiary/aromatic N) is 3. The predicted octanol–water partition coefficient (Wildman–Crippen LogP) is 6.84. The van der Waals surface area contributed by atoms with Gasteiger partial charge in [0.15, 0.2) is 0 Å². The zero-order valence-corrected chi connectivity index (χ0v) is 20.9. The first-order valence-electron chi connectivity index (χ1n) is 11.4. The van der Waals surface area contributed by atoms with E-state index in [1.807, 2.05) is 18.2 Å². The first-order valence-corrected chi connectivity index (χ1v) is 12.1.